The number of amides is 1. The number of aromatic nitrogens is 1. The number of hydrogen-bond acceptors (Lipinski definition) is 6. The first kappa shape index (κ1) is 21.8. The molecule has 1 N–H and O–H groups in total. The maximum absolute atomic E-state index is 12.3. The molecule has 2 aliphatic rings. The summed E-state index contributed by atoms with van der Waals surface area (Å²) in [6.07, 6.45) is 1.03. The molecule has 11 heteroatoms. The first-order valence-corrected chi connectivity index (χ1v) is 11.4. The molecule has 0 spiro atoms. The number of thiocarbonyl (C=S) groups is 1. The van der Waals surface area contributed by atoms with Crippen molar-refractivity contribution in [1.29, 1.82) is 0 Å². The van der Waals surface area contributed by atoms with Gasteiger partial charge in [0.1, 0.15) is 4.32 Å². The number of nitro benzene ring substituents is 1. The molecule has 2 aromatic rings. The summed E-state index contributed by atoms with van der Waals surface area (Å²) >= 11 is 12.9. The number of non-ortho nitro benzene ring substituents is 1. The standard InChI is InChI=1S/C20H19ClN4O4S2/c21-15-7-14(25(28)29)4-5-16(15)22-18(26)11-31-20(30)23-8-12-6-13(10-23)17-2-1-3-19(27)24(17)9-12/h1-5,7,12-13H,6,8-11H2,(H,22,26)/t12-,13+/m0/s1. The van der Waals surface area contributed by atoms with Gasteiger partial charge in [0.2, 0.25) is 5.91 Å². The van der Waals surface area contributed by atoms with E-state index in [-0.39, 0.29) is 33.8 Å². The van der Waals surface area contributed by atoms with E-state index in [1.165, 1.54) is 30.0 Å². The summed E-state index contributed by atoms with van der Waals surface area (Å²) in [7, 11) is 0. The highest BCUT2D eigenvalue weighted by molar-refractivity contribution is 8.23. The minimum absolute atomic E-state index is 0.0409. The SMILES string of the molecule is O=C(CSC(=S)N1C[C@@H]2C[C@H](C1)c1cccc(=O)n1C2)Nc1ccc([N+](=O)[O-])cc1Cl. The van der Waals surface area contributed by atoms with Crippen LogP contribution in [-0.2, 0) is 11.3 Å². The van der Waals surface area contributed by atoms with Crippen molar-refractivity contribution in [3.8, 4) is 0 Å². The minimum Gasteiger partial charge on any atom is -0.356 e. The van der Waals surface area contributed by atoms with E-state index in [0.717, 1.165) is 25.2 Å². The van der Waals surface area contributed by atoms with E-state index < -0.39 is 4.92 Å². The molecule has 1 aromatic carbocycles. The zero-order valence-corrected chi connectivity index (χ0v) is 18.7. The summed E-state index contributed by atoms with van der Waals surface area (Å²) in [6, 6.07) is 9.29. The van der Waals surface area contributed by atoms with Crippen molar-refractivity contribution in [3.05, 3.63) is 67.6 Å². The monoisotopic (exact) mass is 478 g/mol. The Bertz CT molecular complexity index is 1120. The number of piperidine rings is 1. The van der Waals surface area contributed by atoms with Crippen molar-refractivity contribution in [3.63, 3.8) is 0 Å². The summed E-state index contributed by atoms with van der Waals surface area (Å²) in [5.41, 5.74) is 1.27. The molecule has 162 valence electrons. The lowest BCUT2D eigenvalue weighted by molar-refractivity contribution is -0.384. The molecule has 31 heavy (non-hydrogen) atoms. The number of thioether (sulfide) groups is 1. The first-order chi connectivity index (χ1) is 14.8. The second kappa shape index (κ2) is 8.97. The maximum Gasteiger partial charge on any atom is 0.271 e. The molecule has 4 rings (SSSR count). The van der Waals surface area contributed by atoms with Gasteiger partial charge in [0.15, 0.2) is 0 Å². The van der Waals surface area contributed by atoms with Crippen LogP contribution in [-0.4, -0.2) is 43.5 Å². The molecule has 0 radical (unpaired) electrons. The second-order valence-corrected chi connectivity index (χ2v) is 9.64. The number of fused-ring (bicyclic) bond motifs is 4. The van der Waals surface area contributed by atoms with Gasteiger partial charge in [-0.15, -0.1) is 0 Å². The van der Waals surface area contributed by atoms with Gasteiger partial charge in [0, 0.05) is 49.4 Å². The third-order valence-electron chi connectivity index (χ3n) is 5.50. The molecular weight excluding hydrogens is 460 g/mol. The number of carbonyl (C=O) groups is 1. The van der Waals surface area contributed by atoms with Crippen molar-refractivity contribution >= 4 is 57.2 Å². The number of pyridine rings is 1. The van der Waals surface area contributed by atoms with E-state index in [9.17, 15) is 19.7 Å². The van der Waals surface area contributed by atoms with E-state index in [1.54, 1.807) is 12.1 Å². The highest BCUT2D eigenvalue weighted by Gasteiger charge is 2.35. The third-order valence-corrected chi connectivity index (χ3v) is 7.34. The Balaban J connectivity index is 1.34. The zero-order valence-electron chi connectivity index (χ0n) is 16.3. The van der Waals surface area contributed by atoms with Crippen LogP contribution in [0.3, 0.4) is 0 Å². The second-order valence-electron chi connectivity index (χ2n) is 7.63. The molecular formula is C20H19ClN4O4S2. The summed E-state index contributed by atoms with van der Waals surface area (Å²) in [6.45, 7) is 2.18. The third kappa shape index (κ3) is 4.76. The highest BCUT2D eigenvalue weighted by Crippen LogP contribution is 2.36. The maximum atomic E-state index is 12.3. The first-order valence-electron chi connectivity index (χ1n) is 9.67. The van der Waals surface area contributed by atoms with Gasteiger partial charge >= 0.3 is 0 Å². The van der Waals surface area contributed by atoms with Gasteiger partial charge in [0.25, 0.3) is 11.2 Å². The number of likely N-dealkylation sites (tertiary alicyclic amines) is 1. The van der Waals surface area contributed by atoms with E-state index in [0.29, 0.717) is 22.5 Å². The Labute approximate surface area is 192 Å². The molecule has 1 aromatic heterocycles. The van der Waals surface area contributed by atoms with Crippen molar-refractivity contribution in [1.82, 2.24) is 9.47 Å². The Kier molecular flexibility index (Phi) is 6.31. The lowest BCUT2D eigenvalue weighted by Gasteiger charge is -2.43. The molecule has 0 unspecified atom stereocenters. The Morgan fingerprint density at radius 1 is 1.29 bits per heavy atom. The molecule has 2 atom stereocenters. The number of nitrogens with one attached hydrogen (secondary N) is 1. The van der Waals surface area contributed by atoms with Crippen LogP contribution in [0.1, 0.15) is 18.0 Å². The highest BCUT2D eigenvalue weighted by atomic mass is 35.5. The van der Waals surface area contributed by atoms with E-state index in [4.69, 9.17) is 23.8 Å². The Hall–Kier alpha value is -2.43. The summed E-state index contributed by atoms with van der Waals surface area (Å²) in [4.78, 5) is 36.8. The van der Waals surface area contributed by atoms with Crippen LogP contribution in [0, 0.1) is 16.0 Å². The molecule has 0 saturated carbocycles. The van der Waals surface area contributed by atoms with Crippen molar-refractivity contribution < 1.29 is 9.72 Å². The number of hydrogen-bond donors (Lipinski definition) is 1. The van der Waals surface area contributed by atoms with Crippen LogP contribution in [0.15, 0.2) is 41.2 Å². The predicted octanol–water partition coefficient (Wildman–Crippen LogP) is 3.49. The Morgan fingerprint density at radius 2 is 2.10 bits per heavy atom. The van der Waals surface area contributed by atoms with Gasteiger partial charge in [0.05, 0.1) is 21.4 Å². The van der Waals surface area contributed by atoms with Crippen molar-refractivity contribution in [2.45, 2.75) is 18.9 Å². The number of nitro groups is 1. The molecule has 1 amide bonds. The van der Waals surface area contributed by atoms with Crippen LogP contribution in [0.2, 0.25) is 5.02 Å². The fourth-order valence-corrected chi connectivity index (χ4v) is 5.38. The van der Waals surface area contributed by atoms with Gasteiger partial charge in [-0.25, -0.2) is 0 Å². The lowest BCUT2D eigenvalue weighted by atomic mass is 9.83. The summed E-state index contributed by atoms with van der Waals surface area (Å²) < 4.78 is 2.51. The number of nitrogens with zero attached hydrogens (tertiary/aromatic N) is 3. The van der Waals surface area contributed by atoms with Gasteiger partial charge in [-0.1, -0.05) is 41.6 Å². The van der Waals surface area contributed by atoms with Gasteiger partial charge in [-0.3, -0.25) is 19.7 Å². The van der Waals surface area contributed by atoms with Crippen LogP contribution in [0.25, 0.3) is 0 Å². The number of benzene rings is 1. The van der Waals surface area contributed by atoms with E-state index >= 15 is 0 Å². The predicted molar refractivity (Wildman–Crippen MR) is 125 cm³/mol. The molecule has 2 bridgehead atoms. The average molecular weight is 479 g/mol. The molecule has 8 nitrogen and oxygen atoms in total. The topological polar surface area (TPSA) is 97.5 Å². The molecule has 2 aliphatic heterocycles. The van der Waals surface area contributed by atoms with Crippen LogP contribution in [0.4, 0.5) is 11.4 Å². The zero-order chi connectivity index (χ0) is 22.1. The van der Waals surface area contributed by atoms with Gasteiger partial charge < -0.3 is 14.8 Å². The Morgan fingerprint density at radius 3 is 2.84 bits per heavy atom. The fourth-order valence-electron chi connectivity index (χ4n) is 4.17. The number of anilines is 1. The lowest BCUT2D eigenvalue weighted by Crippen LogP contribution is -2.48. The largest absolute Gasteiger partial charge is 0.356 e. The van der Waals surface area contributed by atoms with Gasteiger partial charge in [-0.2, -0.15) is 0 Å². The van der Waals surface area contributed by atoms with E-state index in [1.807, 2.05) is 10.6 Å². The fraction of sp³-hybridized carbons (Fsp3) is 0.350. The molecule has 0 aliphatic carbocycles. The quantitative estimate of drug-likeness (QED) is 0.408. The molecule has 3 heterocycles. The number of halogens is 1. The van der Waals surface area contributed by atoms with Crippen molar-refractivity contribution in [2.75, 3.05) is 24.2 Å². The number of rotatable bonds is 4. The number of carbonyl (C=O) groups excluding carboxylic acids is 1. The smallest absolute Gasteiger partial charge is 0.271 e. The van der Waals surface area contributed by atoms with Crippen LogP contribution >= 0.6 is 35.6 Å². The normalized spacial score (nSPS) is 19.5. The van der Waals surface area contributed by atoms with Crippen molar-refractivity contribution in [2.24, 2.45) is 5.92 Å². The minimum atomic E-state index is -0.547. The van der Waals surface area contributed by atoms with Gasteiger partial charge in [-0.05, 0) is 24.5 Å². The van der Waals surface area contributed by atoms with E-state index in [2.05, 4.69) is 10.2 Å². The van der Waals surface area contributed by atoms with Crippen LogP contribution in [0.5, 0.6) is 0 Å². The molecule has 1 saturated heterocycles. The summed E-state index contributed by atoms with van der Waals surface area (Å²) in [5.74, 6) is 0.399. The van der Waals surface area contributed by atoms with Crippen LogP contribution < -0.4 is 10.9 Å². The average Bonchev–Trinajstić information content (AvgIpc) is 2.74. The molecule has 1 fully saturated rings. The summed E-state index contributed by atoms with van der Waals surface area (Å²) in [5, 5.41) is 13.6.